The van der Waals surface area contributed by atoms with Gasteiger partial charge < -0.3 is 10.1 Å². The second-order valence-corrected chi connectivity index (χ2v) is 5.58. The van der Waals surface area contributed by atoms with Crippen LogP contribution in [0.1, 0.15) is 23.1 Å². The SMILES string of the molecule is CSON1N=C1c1ccc2c(c1)CCC21COC(=O)N1. The van der Waals surface area contributed by atoms with Crippen molar-refractivity contribution in [2.75, 3.05) is 12.9 Å². The van der Waals surface area contributed by atoms with E-state index in [9.17, 15) is 4.79 Å². The van der Waals surface area contributed by atoms with E-state index in [-0.39, 0.29) is 11.6 Å². The van der Waals surface area contributed by atoms with Crippen molar-refractivity contribution in [1.29, 1.82) is 0 Å². The number of carbonyl (C=O) groups is 1. The summed E-state index contributed by atoms with van der Waals surface area (Å²) in [5.74, 6) is 0.842. The Balaban J connectivity index is 1.61. The Kier molecular flexibility index (Phi) is 2.49. The zero-order valence-corrected chi connectivity index (χ0v) is 11.7. The van der Waals surface area contributed by atoms with Crippen LogP contribution in [0.5, 0.6) is 0 Å². The monoisotopic (exact) mass is 291 g/mol. The third-order valence-electron chi connectivity index (χ3n) is 3.96. The van der Waals surface area contributed by atoms with Crippen LogP contribution in [-0.4, -0.2) is 30.0 Å². The van der Waals surface area contributed by atoms with Gasteiger partial charge in [-0.25, -0.2) is 4.79 Å². The number of aryl methyl sites for hydroxylation is 1. The summed E-state index contributed by atoms with van der Waals surface area (Å²) >= 11 is 1.26. The maximum atomic E-state index is 11.3. The Morgan fingerprint density at radius 1 is 1.55 bits per heavy atom. The lowest BCUT2D eigenvalue weighted by Crippen LogP contribution is -2.38. The molecule has 6 nitrogen and oxygen atoms in total. The fraction of sp³-hybridized carbons (Fsp3) is 0.385. The average molecular weight is 291 g/mol. The van der Waals surface area contributed by atoms with Crippen molar-refractivity contribution < 1.29 is 13.8 Å². The van der Waals surface area contributed by atoms with E-state index in [0.29, 0.717) is 6.61 Å². The van der Waals surface area contributed by atoms with Crippen LogP contribution < -0.4 is 5.32 Å². The molecule has 1 atom stereocenters. The van der Waals surface area contributed by atoms with Crippen LogP contribution in [0.4, 0.5) is 4.79 Å². The fourth-order valence-electron chi connectivity index (χ4n) is 2.98. The summed E-state index contributed by atoms with van der Waals surface area (Å²) in [7, 11) is 0. The van der Waals surface area contributed by atoms with E-state index in [4.69, 9.17) is 9.02 Å². The number of benzene rings is 1. The Morgan fingerprint density at radius 2 is 2.45 bits per heavy atom. The number of amides is 1. The molecule has 2 aliphatic heterocycles. The number of alkyl carbamates (subject to hydrolysis) is 1. The lowest BCUT2D eigenvalue weighted by molar-refractivity contribution is 0.106. The summed E-state index contributed by atoms with van der Waals surface area (Å²) in [6.45, 7) is 0.417. The van der Waals surface area contributed by atoms with Crippen LogP contribution in [0.2, 0.25) is 0 Å². The highest BCUT2D eigenvalue weighted by molar-refractivity contribution is 7.93. The molecule has 0 saturated carbocycles. The molecule has 0 bridgehead atoms. The third-order valence-corrected chi connectivity index (χ3v) is 4.25. The van der Waals surface area contributed by atoms with Crippen molar-refractivity contribution in [2.24, 2.45) is 5.10 Å². The molecule has 1 fully saturated rings. The van der Waals surface area contributed by atoms with Crippen molar-refractivity contribution in [2.45, 2.75) is 18.4 Å². The first-order valence-corrected chi connectivity index (χ1v) is 7.55. The van der Waals surface area contributed by atoms with Crippen molar-refractivity contribution in [1.82, 2.24) is 10.5 Å². The first kappa shape index (κ1) is 12.0. The normalized spacial score (nSPS) is 26.4. The van der Waals surface area contributed by atoms with Gasteiger partial charge >= 0.3 is 6.09 Å². The van der Waals surface area contributed by atoms with Crippen LogP contribution in [0.25, 0.3) is 0 Å². The molecule has 1 amide bonds. The number of hydroxylamine groups is 1. The molecule has 1 unspecified atom stereocenters. The quantitative estimate of drug-likeness (QED) is 0.860. The zero-order valence-electron chi connectivity index (χ0n) is 10.9. The number of nitrogens with one attached hydrogen (secondary N) is 1. The molecule has 2 heterocycles. The first-order valence-electron chi connectivity index (χ1n) is 6.40. The van der Waals surface area contributed by atoms with Gasteiger partial charge in [0.25, 0.3) is 0 Å². The van der Waals surface area contributed by atoms with Gasteiger partial charge in [0.2, 0.25) is 5.84 Å². The van der Waals surface area contributed by atoms with Crippen molar-refractivity contribution in [3.05, 3.63) is 34.9 Å². The van der Waals surface area contributed by atoms with Gasteiger partial charge in [-0.1, -0.05) is 12.1 Å². The largest absolute Gasteiger partial charge is 0.447 e. The fourth-order valence-corrected chi connectivity index (χ4v) is 3.22. The summed E-state index contributed by atoms with van der Waals surface area (Å²) < 4.78 is 10.3. The van der Waals surface area contributed by atoms with Gasteiger partial charge in [0, 0.05) is 23.9 Å². The van der Waals surface area contributed by atoms with Crippen LogP contribution in [-0.2, 0) is 21.0 Å². The molecular formula is C13H13N3O3S. The number of hydrazone groups is 1. The van der Waals surface area contributed by atoms with Gasteiger partial charge in [-0.2, -0.15) is 4.28 Å². The van der Waals surface area contributed by atoms with Crippen molar-refractivity contribution in [3.63, 3.8) is 0 Å². The topological polar surface area (TPSA) is 62.9 Å². The van der Waals surface area contributed by atoms with Crippen LogP contribution >= 0.6 is 12.0 Å². The summed E-state index contributed by atoms with van der Waals surface area (Å²) in [5.41, 5.74) is 3.11. The molecule has 1 N–H and O–H groups in total. The van der Waals surface area contributed by atoms with E-state index in [0.717, 1.165) is 29.8 Å². The summed E-state index contributed by atoms with van der Waals surface area (Å²) in [6.07, 6.45) is 3.34. The first-order chi connectivity index (χ1) is 9.72. The zero-order chi connectivity index (χ0) is 13.7. The highest BCUT2D eigenvalue weighted by atomic mass is 32.2. The van der Waals surface area contributed by atoms with Crippen molar-refractivity contribution >= 4 is 24.0 Å². The number of hydrogen-bond donors (Lipinski definition) is 1. The molecule has 0 aromatic heterocycles. The minimum atomic E-state index is -0.328. The second kappa shape index (κ2) is 4.13. The highest BCUT2D eigenvalue weighted by Crippen LogP contribution is 2.40. The van der Waals surface area contributed by atoms with Crippen LogP contribution in [0.3, 0.4) is 0 Å². The molecule has 4 rings (SSSR count). The number of fused-ring (bicyclic) bond motifs is 2. The predicted molar refractivity (Wildman–Crippen MR) is 73.9 cm³/mol. The molecule has 1 saturated heterocycles. The molecule has 20 heavy (non-hydrogen) atoms. The van der Waals surface area contributed by atoms with Crippen LogP contribution in [0.15, 0.2) is 23.3 Å². The number of amidine groups is 1. The van der Waals surface area contributed by atoms with Gasteiger partial charge in [-0.3, -0.25) is 0 Å². The number of ether oxygens (including phenoxy) is 1. The molecule has 1 aromatic rings. The molecule has 0 radical (unpaired) electrons. The Morgan fingerprint density at radius 3 is 3.20 bits per heavy atom. The number of cyclic esters (lactones) is 1. The number of rotatable bonds is 3. The lowest BCUT2D eigenvalue weighted by Gasteiger charge is -2.21. The van der Waals surface area contributed by atoms with E-state index >= 15 is 0 Å². The molecule has 1 aromatic carbocycles. The van der Waals surface area contributed by atoms with E-state index in [1.165, 1.54) is 22.8 Å². The Labute approximate surface area is 120 Å². The van der Waals surface area contributed by atoms with Crippen LogP contribution in [0, 0.1) is 0 Å². The third kappa shape index (κ3) is 1.70. The van der Waals surface area contributed by atoms with E-state index in [2.05, 4.69) is 22.6 Å². The lowest BCUT2D eigenvalue weighted by atomic mass is 9.93. The maximum absolute atomic E-state index is 11.3. The van der Waals surface area contributed by atoms with Gasteiger partial charge in [0.1, 0.15) is 12.1 Å². The molecule has 7 heteroatoms. The average Bonchev–Trinajstić information content (AvgIpc) is 2.99. The molecular weight excluding hydrogens is 278 g/mol. The summed E-state index contributed by atoms with van der Waals surface area (Å²) in [5, 5.41) is 8.61. The molecule has 3 aliphatic rings. The smallest absolute Gasteiger partial charge is 0.408 e. The molecule has 1 spiro atoms. The minimum absolute atomic E-state index is 0.326. The number of hydrogen-bond acceptors (Lipinski definition) is 6. The van der Waals surface area contributed by atoms with Crippen molar-refractivity contribution in [3.8, 4) is 0 Å². The maximum Gasteiger partial charge on any atom is 0.408 e. The Bertz CT molecular complexity index is 633. The summed E-state index contributed by atoms with van der Waals surface area (Å²) in [6, 6.07) is 6.20. The predicted octanol–water partition coefficient (Wildman–Crippen LogP) is 1.75. The standard InChI is InChI=1S/C13H13N3O3S/c1-20-19-16-11(15-16)9-2-3-10-8(6-9)4-5-13(10)7-18-12(17)14-13/h2-3,6H,4-5,7H2,1H3,(H,14,17). The minimum Gasteiger partial charge on any atom is -0.447 e. The molecule has 104 valence electrons. The number of nitrogens with zero attached hydrogens (tertiary/aromatic N) is 2. The van der Waals surface area contributed by atoms with E-state index < -0.39 is 0 Å². The van der Waals surface area contributed by atoms with Gasteiger partial charge in [0.05, 0.1) is 0 Å². The van der Waals surface area contributed by atoms with Gasteiger partial charge in [-0.05, 0) is 30.0 Å². The van der Waals surface area contributed by atoms with E-state index in [1.54, 1.807) is 0 Å². The highest BCUT2D eigenvalue weighted by Gasteiger charge is 2.46. The summed E-state index contributed by atoms with van der Waals surface area (Å²) in [4.78, 5) is 11.3. The van der Waals surface area contributed by atoms with Gasteiger partial charge in [-0.15, -0.1) is 10.3 Å². The molecule has 1 aliphatic carbocycles. The Hall–Kier alpha value is -1.73. The number of carbonyl (C=O) groups excluding carboxylic acids is 1. The van der Waals surface area contributed by atoms with Gasteiger partial charge in [0.15, 0.2) is 0 Å². The van der Waals surface area contributed by atoms with E-state index in [1.807, 2.05) is 12.3 Å². The second-order valence-electron chi connectivity index (χ2n) is 5.09.